The van der Waals surface area contributed by atoms with Gasteiger partial charge in [0.25, 0.3) is 0 Å². The molecule has 0 saturated heterocycles. The zero-order valence-electron chi connectivity index (χ0n) is 12.7. The molecule has 1 heteroatoms. The Kier molecular flexibility index (Phi) is 4.45. The number of hydrogen-bond donors (Lipinski definition) is 1. The average Bonchev–Trinajstić information content (AvgIpc) is 2.49. The molecular weight excluding hydrogens is 242 g/mol. The number of benzene rings is 1. The van der Waals surface area contributed by atoms with Crippen LogP contribution in [0.5, 0.6) is 0 Å². The molecule has 2 fully saturated rings. The van der Waals surface area contributed by atoms with Crippen LogP contribution in [0.3, 0.4) is 0 Å². The minimum absolute atomic E-state index is 0.0572. The van der Waals surface area contributed by atoms with E-state index in [1.165, 1.54) is 63.4 Å². The first-order valence-electron chi connectivity index (χ1n) is 8.61. The van der Waals surface area contributed by atoms with Crippen LogP contribution in [0.2, 0.25) is 0 Å². The summed E-state index contributed by atoms with van der Waals surface area (Å²) in [6.45, 7) is 0. The van der Waals surface area contributed by atoms with E-state index in [4.69, 9.17) is 5.73 Å². The van der Waals surface area contributed by atoms with Crippen LogP contribution in [0, 0.1) is 11.8 Å². The SMILES string of the molecule is NC1(Cc2ccccc2)CCCCC1C1CCCCC1. The molecule has 0 spiro atoms. The second-order valence-electron chi connectivity index (χ2n) is 7.15. The summed E-state index contributed by atoms with van der Waals surface area (Å²) in [5.74, 6) is 1.66. The van der Waals surface area contributed by atoms with E-state index in [1.54, 1.807) is 0 Å². The highest BCUT2D eigenvalue weighted by Gasteiger charge is 2.41. The Hall–Kier alpha value is -0.820. The third-order valence-electron chi connectivity index (χ3n) is 5.74. The molecule has 2 saturated carbocycles. The average molecular weight is 271 g/mol. The molecule has 0 aliphatic heterocycles. The van der Waals surface area contributed by atoms with Gasteiger partial charge in [0, 0.05) is 5.54 Å². The molecule has 2 aliphatic rings. The van der Waals surface area contributed by atoms with Gasteiger partial charge in [0.15, 0.2) is 0 Å². The van der Waals surface area contributed by atoms with Crippen molar-refractivity contribution >= 4 is 0 Å². The maximum Gasteiger partial charge on any atom is 0.0226 e. The van der Waals surface area contributed by atoms with Crippen LogP contribution < -0.4 is 5.73 Å². The van der Waals surface area contributed by atoms with E-state index >= 15 is 0 Å². The van der Waals surface area contributed by atoms with Crippen molar-refractivity contribution in [3.05, 3.63) is 35.9 Å². The summed E-state index contributed by atoms with van der Waals surface area (Å²) in [6.07, 6.45) is 13.6. The highest BCUT2D eigenvalue weighted by atomic mass is 14.8. The van der Waals surface area contributed by atoms with Crippen molar-refractivity contribution < 1.29 is 0 Å². The van der Waals surface area contributed by atoms with Crippen LogP contribution in [0.15, 0.2) is 30.3 Å². The van der Waals surface area contributed by atoms with Crippen LogP contribution in [0.4, 0.5) is 0 Å². The van der Waals surface area contributed by atoms with Crippen LogP contribution >= 0.6 is 0 Å². The zero-order chi connectivity index (χ0) is 13.8. The highest BCUT2D eigenvalue weighted by molar-refractivity contribution is 5.19. The van der Waals surface area contributed by atoms with Gasteiger partial charge in [0.05, 0.1) is 0 Å². The summed E-state index contributed by atoms with van der Waals surface area (Å²) in [7, 11) is 0. The Balaban J connectivity index is 1.76. The van der Waals surface area contributed by atoms with E-state index in [2.05, 4.69) is 30.3 Å². The van der Waals surface area contributed by atoms with Gasteiger partial charge in [0.2, 0.25) is 0 Å². The van der Waals surface area contributed by atoms with Crippen LogP contribution in [-0.2, 0) is 6.42 Å². The van der Waals surface area contributed by atoms with E-state index in [-0.39, 0.29) is 5.54 Å². The number of nitrogens with two attached hydrogens (primary N) is 1. The van der Waals surface area contributed by atoms with Crippen molar-refractivity contribution in [2.45, 2.75) is 69.7 Å². The molecule has 20 heavy (non-hydrogen) atoms. The number of hydrogen-bond acceptors (Lipinski definition) is 1. The molecule has 2 N–H and O–H groups in total. The fourth-order valence-corrected chi connectivity index (χ4v) is 4.73. The van der Waals surface area contributed by atoms with Gasteiger partial charge in [-0.2, -0.15) is 0 Å². The van der Waals surface area contributed by atoms with Crippen LogP contribution in [-0.4, -0.2) is 5.54 Å². The summed E-state index contributed by atoms with van der Waals surface area (Å²) in [4.78, 5) is 0. The van der Waals surface area contributed by atoms with Crippen molar-refractivity contribution in [1.82, 2.24) is 0 Å². The first kappa shape index (κ1) is 14.1. The van der Waals surface area contributed by atoms with Gasteiger partial charge >= 0.3 is 0 Å². The third-order valence-corrected chi connectivity index (χ3v) is 5.74. The Bertz CT molecular complexity index is 407. The number of rotatable bonds is 3. The van der Waals surface area contributed by atoms with Gasteiger partial charge in [-0.3, -0.25) is 0 Å². The minimum atomic E-state index is 0.0572. The molecule has 0 radical (unpaired) electrons. The third kappa shape index (κ3) is 3.09. The lowest BCUT2D eigenvalue weighted by Crippen LogP contribution is -2.53. The molecule has 0 bridgehead atoms. The molecule has 0 heterocycles. The molecule has 3 rings (SSSR count). The summed E-state index contributed by atoms with van der Waals surface area (Å²) < 4.78 is 0. The largest absolute Gasteiger partial charge is 0.325 e. The predicted octanol–water partition coefficient (Wildman–Crippen LogP) is 4.70. The molecule has 0 aromatic heterocycles. The second-order valence-corrected chi connectivity index (χ2v) is 7.15. The lowest BCUT2D eigenvalue weighted by Gasteiger charge is -2.46. The molecule has 2 atom stereocenters. The summed E-state index contributed by atoms with van der Waals surface area (Å²) >= 11 is 0. The Morgan fingerprint density at radius 3 is 2.35 bits per heavy atom. The lowest BCUT2D eigenvalue weighted by molar-refractivity contribution is 0.0995. The maximum absolute atomic E-state index is 6.97. The van der Waals surface area contributed by atoms with Gasteiger partial charge in [0.1, 0.15) is 0 Å². The van der Waals surface area contributed by atoms with E-state index in [1.807, 2.05) is 0 Å². The van der Waals surface area contributed by atoms with Gasteiger partial charge in [-0.25, -0.2) is 0 Å². The van der Waals surface area contributed by atoms with Crippen LogP contribution in [0.1, 0.15) is 63.4 Å². The molecule has 2 aliphatic carbocycles. The first-order valence-corrected chi connectivity index (χ1v) is 8.61. The summed E-state index contributed by atoms with van der Waals surface area (Å²) in [6, 6.07) is 10.9. The van der Waals surface area contributed by atoms with Crippen molar-refractivity contribution in [2.75, 3.05) is 0 Å². The first-order chi connectivity index (χ1) is 9.78. The van der Waals surface area contributed by atoms with Gasteiger partial charge < -0.3 is 5.73 Å². The van der Waals surface area contributed by atoms with Crippen molar-refractivity contribution in [3.8, 4) is 0 Å². The Labute approximate surface area is 124 Å². The molecular formula is C19H29N. The Morgan fingerprint density at radius 1 is 0.900 bits per heavy atom. The second kappa shape index (κ2) is 6.30. The smallest absolute Gasteiger partial charge is 0.0226 e. The normalized spacial score (nSPS) is 32.1. The summed E-state index contributed by atoms with van der Waals surface area (Å²) in [5, 5.41) is 0. The fraction of sp³-hybridized carbons (Fsp3) is 0.684. The molecule has 1 aromatic carbocycles. The molecule has 2 unspecified atom stereocenters. The molecule has 1 aromatic rings. The maximum atomic E-state index is 6.97. The van der Waals surface area contributed by atoms with Crippen LogP contribution in [0.25, 0.3) is 0 Å². The van der Waals surface area contributed by atoms with E-state index in [9.17, 15) is 0 Å². The van der Waals surface area contributed by atoms with Crippen molar-refractivity contribution in [1.29, 1.82) is 0 Å². The topological polar surface area (TPSA) is 26.0 Å². The molecule has 0 amide bonds. The fourth-order valence-electron chi connectivity index (χ4n) is 4.73. The van der Waals surface area contributed by atoms with Crippen molar-refractivity contribution in [2.24, 2.45) is 17.6 Å². The molecule has 110 valence electrons. The minimum Gasteiger partial charge on any atom is -0.325 e. The quantitative estimate of drug-likeness (QED) is 0.847. The lowest BCUT2D eigenvalue weighted by atomic mass is 9.62. The standard InChI is InChI=1S/C19H29N/c20-19(15-16-9-3-1-4-10-16)14-8-7-13-18(19)17-11-5-2-6-12-17/h1,3-4,9-10,17-18H,2,5-8,11-15,20H2. The monoisotopic (exact) mass is 271 g/mol. The van der Waals surface area contributed by atoms with E-state index in [0.717, 1.165) is 18.3 Å². The summed E-state index contributed by atoms with van der Waals surface area (Å²) in [5.41, 5.74) is 8.45. The van der Waals surface area contributed by atoms with Gasteiger partial charge in [-0.1, -0.05) is 75.3 Å². The van der Waals surface area contributed by atoms with Gasteiger partial charge in [-0.05, 0) is 36.7 Å². The van der Waals surface area contributed by atoms with E-state index < -0.39 is 0 Å². The molecule has 1 nitrogen and oxygen atoms in total. The zero-order valence-corrected chi connectivity index (χ0v) is 12.7. The Morgan fingerprint density at radius 2 is 1.60 bits per heavy atom. The van der Waals surface area contributed by atoms with Crippen molar-refractivity contribution in [3.63, 3.8) is 0 Å². The highest BCUT2D eigenvalue weighted by Crippen LogP contribution is 2.44. The van der Waals surface area contributed by atoms with E-state index in [0.29, 0.717) is 0 Å². The predicted molar refractivity (Wildman–Crippen MR) is 85.6 cm³/mol. The van der Waals surface area contributed by atoms with Gasteiger partial charge in [-0.15, -0.1) is 0 Å².